The molecule has 0 bridgehead atoms. The van der Waals surface area contributed by atoms with Crippen molar-refractivity contribution in [3.8, 4) is 17.2 Å². The van der Waals surface area contributed by atoms with Gasteiger partial charge in [0.15, 0.2) is 11.6 Å². The van der Waals surface area contributed by atoms with Crippen LogP contribution in [-0.4, -0.2) is 54.7 Å². The Morgan fingerprint density at radius 3 is 2.41 bits per heavy atom. The number of rotatable bonds is 9. The fourth-order valence-electron chi connectivity index (χ4n) is 3.70. The Morgan fingerprint density at radius 2 is 1.69 bits per heavy atom. The normalized spacial score (nSPS) is 11.6. The summed E-state index contributed by atoms with van der Waals surface area (Å²) in [5, 5.41) is 11.5. The number of ether oxygens (including phenoxy) is 1. The first-order valence-electron chi connectivity index (χ1n) is 11.7. The molecule has 5 rings (SSSR count). The third-order valence-electron chi connectivity index (χ3n) is 5.54. The third kappa shape index (κ3) is 5.93. The van der Waals surface area contributed by atoms with Gasteiger partial charge in [-0.25, -0.2) is 18.4 Å². The van der Waals surface area contributed by atoms with Gasteiger partial charge in [0.25, 0.3) is 10.0 Å². The van der Waals surface area contributed by atoms with Crippen molar-refractivity contribution in [2.75, 3.05) is 31.2 Å². The van der Waals surface area contributed by atoms with E-state index >= 15 is 0 Å². The number of nitrogens with one attached hydrogen (secondary N) is 2. The van der Waals surface area contributed by atoms with Crippen molar-refractivity contribution in [3.63, 3.8) is 0 Å². The van der Waals surface area contributed by atoms with Crippen molar-refractivity contribution in [1.82, 2.24) is 25.1 Å². The number of fused-ring (bicyclic) bond motifs is 1. The van der Waals surface area contributed by atoms with Gasteiger partial charge in [0.1, 0.15) is 5.75 Å². The number of para-hydroxylation sites is 2. The Bertz CT molecular complexity index is 1760. The molecule has 200 valence electrons. The first kappa shape index (κ1) is 26.4. The van der Waals surface area contributed by atoms with E-state index in [9.17, 15) is 8.42 Å². The molecule has 13 heteroatoms. The molecule has 3 aromatic carbocycles. The predicted octanol–water partition coefficient (Wildman–Crippen LogP) is 4.95. The Balaban J connectivity index is 1.51. The summed E-state index contributed by atoms with van der Waals surface area (Å²) in [6.07, 6.45) is 0. The van der Waals surface area contributed by atoms with Gasteiger partial charge < -0.3 is 19.4 Å². The van der Waals surface area contributed by atoms with Crippen LogP contribution in [-0.2, 0) is 16.6 Å². The standard InChI is InChI=1S/C26H24ClN7O4S/c1-34(2)15-23-31-32-26(38-23)16-7-6-8-18(13-16)39(35,36)33-25-24(28-20-9-4-5-10-21(20)29-25)30-22-14-17(37-3)11-12-19(22)27/h4-14H,15H2,1-3H3,(H,28,30)(H,29,33). The number of nitrogens with zero attached hydrogens (tertiary/aromatic N) is 5. The molecule has 0 amide bonds. The summed E-state index contributed by atoms with van der Waals surface area (Å²) in [6.45, 7) is 0.459. The number of aromatic nitrogens is 4. The van der Waals surface area contributed by atoms with Gasteiger partial charge in [-0.3, -0.25) is 4.72 Å². The van der Waals surface area contributed by atoms with Gasteiger partial charge >= 0.3 is 0 Å². The van der Waals surface area contributed by atoms with Gasteiger partial charge in [-0.05, 0) is 56.6 Å². The topological polar surface area (TPSA) is 135 Å². The minimum Gasteiger partial charge on any atom is -0.497 e. The molecule has 11 nitrogen and oxygen atoms in total. The summed E-state index contributed by atoms with van der Waals surface area (Å²) in [5.74, 6) is 1.34. The van der Waals surface area contributed by atoms with Gasteiger partial charge in [-0.1, -0.05) is 29.8 Å². The van der Waals surface area contributed by atoms with E-state index in [2.05, 4.69) is 30.2 Å². The largest absolute Gasteiger partial charge is 0.497 e. The molecule has 2 heterocycles. The number of anilines is 3. The van der Waals surface area contributed by atoms with Crippen LogP contribution in [0.5, 0.6) is 5.75 Å². The maximum absolute atomic E-state index is 13.5. The summed E-state index contributed by atoms with van der Waals surface area (Å²) in [5.41, 5.74) is 1.99. The van der Waals surface area contributed by atoms with Crippen molar-refractivity contribution in [3.05, 3.63) is 77.6 Å². The molecule has 0 spiro atoms. The van der Waals surface area contributed by atoms with Crippen LogP contribution in [0.25, 0.3) is 22.5 Å². The van der Waals surface area contributed by atoms with E-state index in [1.165, 1.54) is 19.2 Å². The average molecular weight is 566 g/mol. The number of hydrogen-bond donors (Lipinski definition) is 2. The molecule has 39 heavy (non-hydrogen) atoms. The van der Waals surface area contributed by atoms with Crippen molar-refractivity contribution in [2.24, 2.45) is 0 Å². The second-order valence-corrected chi connectivity index (χ2v) is 10.8. The van der Waals surface area contributed by atoms with Crippen molar-refractivity contribution in [2.45, 2.75) is 11.4 Å². The van der Waals surface area contributed by atoms with E-state index in [0.717, 1.165) is 0 Å². The molecule has 0 fully saturated rings. The lowest BCUT2D eigenvalue weighted by molar-refractivity contribution is 0.344. The lowest BCUT2D eigenvalue weighted by Gasteiger charge is -2.15. The Hall–Kier alpha value is -4.26. The predicted molar refractivity (Wildman–Crippen MR) is 149 cm³/mol. The lowest BCUT2D eigenvalue weighted by atomic mass is 10.2. The molecule has 5 aromatic rings. The summed E-state index contributed by atoms with van der Waals surface area (Å²) < 4.78 is 40.6. The first-order valence-corrected chi connectivity index (χ1v) is 13.6. The molecule has 0 aliphatic heterocycles. The van der Waals surface area contributed by atoms with Crippen LogP contribution in [0.4, 0.5) is 17.3 Å². The van der Waals surface area contributed by atoms with E-state index in [4.69, 9.17) is 20.8 Å². The minimum atomic E-state index is -4.11. The van der Waals surface area contributed by atoms with Gasteiger partial charge in [-0.15, -0.1) is 10.2 Å². The highest BCUT2D eigenvalue weighted by molar-refractivity contribution is 7.92. The SMILES string of the molecule is COc1ccc(Cl)c(Nc2nc3ccccc3nc2NS(=O)(=O)c2cccc(-c3nnc(CN(C)C)o3)c2)c1. The second-order valence-electron chi connectivity index (χ2n) is 8.75. The summed E-state index contributed by atoms with van der Waals surface area (Å²) >= 11 is 6.38. The van der Waals surface area contributed by atoms with E-state index in [-0.39, 0.29) is 22.4 Å². The quantitative estimate of drug-likeness (QED) is 0.253. The molecular formula is C26H24ClN7O4S. The monoisotopic (exact) mass is 565 g/mol. The van der Waals surface area contributed by atoms with Crippen molar-refractivity contribution < 1.29 is 17.6 Å². The average Bonchev–Trinajstić information content (AvgIpc) is 3.38. The third-order valence-corrected chi connectivity index (χ3v) is 7.20. The zero-order chi connectivity index (χ0) is 27.6. The molecule has 0 aliphatic rings. The van der Waals surface area contributed by atoms with Crippen molar-refractivity contribution in [1.29, 1.82) is 0 Å². The van der Waals surface area contributed by atoms with Crippen LogP contribution in [0.1, 0.15) is 5.89 Å². The lowest BCUT2D eigenvalue weighted by Crippen LogP contribution is -2.16. The van der Waals surface area contributed by atoms with E-state index in [0.29, 0.717) is 45.5 Å². The summed E-state index contributed by atoms with van der Waals surface area (Å²) in [7, 11) is 1.18. The zero-order valence-electron chi connectivity index (χ0n) is 21.2. The molecule has 0 radical (unpaired) electrons. The highest BCUT2D eigenvalue weighted by atomic mass is 35.5. The molecule has 2 aromatic heterocycles. The van der Waals surface area contributed by atoms with Crippen LogP contribution < -0.4 is 14.8 Å². The summed E-state index contributed by atoms with van der Waals surface area (Å²) in [4.78, 5) is 11.0. The summed E-state index contributed by atoms with van der Waals surface area (Å²) in [6, 6.07) is 18.4. The minimum absolute atomic E-state index is 0.0101. The Morgan fingerprint density at radius 1 is 0.949 bits per heavy atom. The maximum atomic E-state index is 13.5. The highest BCUT2D eigenvalue weighted by Crippen LogP contribution is 2.33. The smallest absolute Gasteiger partial charge is 0.263 e. The highest BCUT2D eigenvalue weighted by Gasteiger charge is 2.21. The van der Waals surface area contributed by atoms with Gasteiger partial charge in [-0.2, -0.15) is 0 Å². The van der Waals surface area contributed by atoms with Gasteiger partial charge in [0, 0.05) is 11.6 Å². The number of benzene rings is 3. The van der Waals surface area contributed by atoms with Crippen molar-refractivity contribution >= 4 is 50.0 Å². The van der Waals surface area contributed by atoms with Gasteiger partial charge in [0.05, 0.1) is 40.3 Å². The number of sulfonamides is 1. The number of halogens is 1. The Kier molecular flexibility index (Phi) is 7.33. The fraction of sp³-hybridized carbons (Fsp3) is 0.154. The molecule has 2 N–H and O–H groups in total. The van der Waals surface area contributed by atoms with Crippen LogP contribution in [0, 0.1) is 0 Å². The molecule has 0 saturated carbocycles. The zero-order valence-corrected chi connectivity index (χ0v) is 22.8. The molecule has 0 saturated heterocycles. The van der Waals surface area contributed by atoms with Crippen LogP contribution >= 0.6 is 11.6 Å². The van der Waals surface area contributed by atoms with Crippen LogP contribution in [0.2, 0.25) is 5.02 Å². The van der Waals surface area contributed by atoms with Gasteiger partial charge in [0.2, 0.25) is 11.8 Å². The number of hydrogen-bond acceptors (Lipinski definition) is 10. The molecular weight excluding hydrogens is 542 g/mol. The molecule has 0 atom stereocenters. The maximum Gasteiger partial charge on any atom is 0.263 e. The van der Waals surface area contributed by atoms with E-state index < -0.39 is 10.0 Å². The van der Waals surface area contributed by atoms with Crippen LogP contribution in [0.3, 0.4) is 0 Å². The fourth-order valence-corrected chi connectivity index (χ4v) is 4.92. The van der Waals surface area contributed by atoms with Crippen LogP contribution in [0.15, 0.2) is 76.0 Å². The molecule has 0 unspecified atom stereocenters. The van der Waals surface area contributed by atoms with E-state index in [1.807, 2.05) is 25.1 Å². The second kappa shape index (κ2) is 10.8. The Labute approximate surface area is 229 Å². The number of methoxy groups -OCH3 is 1. The first-order chi connectivity index (χ1) is 18.7. The van der Waals surface area contributed by atoms with E-state index in [1.54, 1.807) is 48.5 Å². The molecule has 0 aliphatic carbocycles.